The van der Waals surface area contributed by atoms with Crippen LogP contribution in [0.2, 0.25) is 0 Å². The molecule has 5 N–H and O–H groups in total. The Balaban J connectivity index is 3.54. The molecule has 0 heterocycles. The van der Waals surface area contributed by atoms with Gasteiger partial charge in [0.25, 0.3) is 0 Å². The normalized spacial score (nSPS) is 14.6. The number of carboxylic acids is 1. The summed E-state index contributed by atoms with van der Waals surface area (Å²) in [5, 5.41) is 8.47. The first-order valence-electron chi connectivity index (χ1n) is 4.44. The molecule has 0 saturated carbocycles. The summed E-state index contributed by atoms with van der Waals surface area (Å²) in [5.74, 6) is -0.425. The Morgan fingerprint density at radius 2 is 2.21 bits per heavy atom. The van der Waals surface area contributed by atoms with Gasteiger partial charge < -0.3 is 16.6 Å². The molecular formula is C9H17N3O2. The van der Waals surface area contributed by atoms with Crippen molar-refractivity contribution in [2.45, 2.75) is 25.8 Å². The Bertz CT molecular complexity index is 232. The van der Waals surface area contributed by atoms with Gasteiger partial charge in [0.05, 0.1) is 12.4 Å². The number of amidine groups is 1. The number of hydrogen-bond donors (Lipinski definition) is 3. The lowest BCUT2D eigenvalue weighted by Crippen LogP contribution is -2.29. The van der Waals surface area contributed by atoms with Crippen molar-refractivity contribution in [3.05, 3.63) is 12.2 Å². The summed E-state index contributed by atoms with van der Waals surface area (Å²) in [6.07, 6.45) is 4.78. The molecule has 0 aliphatic heterocycles. The largest absolute Gasteiger partial charge is 0.480 e. The second kappa shape index (κ2) is 7.08. The third kappa shape index (κ3) is 7.30. The average Bonchev–Trinajstić information content (AvgIpc) is 2.09. The van der Waals surface area contributed by atoms with Crippen LogP contribution in [0.25, 0.3) is 0 Å². The molecule has 0 aromatic carbocycles. The molecular weight excluding hydrogens is 182 g/mol. The minimum atomic E-state index is -0.964. The van der Waals surface area contributed by atoms with Crippen molar-refractivity contribution in [3.8, 4) is 0 Å². The molecule has 0 aromatic heterocycles. The van der Waals surface area contributed by atoms with E-state index in [0.29, 0.717) is 25.2 Å². The maximum Gasteiger partial charge on any atom is 0.320 e. The highest BCUT2D eigenvalue weighted by atomic mass is 16.4. The highest BCUT2D eigenvalue weighted by Gasteiger charge is 2.08. The number of allylic oxidation sites excluding steroid dienone is 1. The first kappa shape index (κ1) is 12.6. The van der Waals surface area contributed by atoms with Crippen LogP contribution >= 0.6 is 0 Å². The van der Waals surface area contributed by atoms with Crippen molar-refractivity contribution < 1.29 is 9.90 Å². The maximum atomic E-state index is 10.3. The van der Waals surface area contributed by atoms with E-state index in [9.17, 15) is 4.79 Å². The molecule has 0 radical (unpaired) electrons. The van der Waals surface area contributed by atoms with Crippen molar-refractivity contribution >= 4 is 11.8 Å². The van der Waals surface area contributed by atoms with Crippen molar-refractivity contribution in [2.75, 3.05) is 6.54 Å². The average molecular weight is 199 g/mol. The van der Waals surface area contributed by atoms with Gasteiger partial charge in [0.15, 0.2) is 0 Å². The third-order valence-corrected chi connectivity index (χ3v) is 1.57. The summed E-state index contributed by atoms with van der Waals surface area (Å²) in [6.45, 7) is 2.25. The SMILES string of the molecule is CC(N)=NC/C=C/CCC(N)C(=O)O. The fraction of sp³-hybridized carbons (Fsp3) is 0.556. The predicted octanol–water partition coefficient (Wildman–Crippen LogP) is 0.112. The molecule has 0 amide bonds. The molecule has 80 valence electrons. The van der Waals surface area contributed by atoms with E-state index in [2.05, 4.69) is 4.99 Å². The maximum absolute atomic E-state index is 10.3. The van der Waals surface area contributed by atoms with Crippen LogP contribution < -0.4 is 11.5 Å². The van der Waals surface area contributed by atoms with Crippen LogP contribution in [-0.2, 0) is 4.79 Å². The van der Waals surface area contributed by atoms with Crippen molar-refractivity contribution in [2.24, 2.45) is 16.5 Å². The van der Waals surface area contributed by atoms with Gasteiger partial charge in [0.2, 0.25) is 0 Å². The summed E-state index contributed by atoms with van der Waals surface area (Å²) >= 11 is 0. The summed E-state index contributed by atoms with van der Waals surface area (Å²) in [5.41, 5.74) is 10.6. The fourth-order valence-electron chi connectivity index (χ4n) is 0.788. The smallest absolute Gasteiger partial charge is 0.320 e. The molecule has 0 bridgehead atoms. The van der Waals surface area contributed by atoms with Crippen molar-refractivity contribution in [1.82, 2.24) is 0 Å². The molecule has 0 aliphatic carbocycles. The van der Waals surface area contributed by atoms with Crippen LogP contribution in [0.1, 0.15) is 19.8 Å². The van der Waals surface area contributed by atoms with E-state index in [1.165, 1.54) is 0 Å². The number of nitrogens with two attached hydrogens (primary N) is 2. The summed E-state index contributed by atoms with van der Waals surface area (Å²) in [7, 11) is 0. The molecule has 0 aliphatic rings. The molecule has 0 spiro atoms. The van der Waals surface area contributed by atoms with Crippen LogP contribution in [0, 0.1) is 0 Å². The molecule has 1 atom stereocenters. The zero-order chi connectivity index (χ0) is 11.0. The van der Waals surface area contributed by atoms with Gasteiger partial charge >= 0.3 is 5.97 Å². The molecule has 5 nitrogen and oxygen atoms in total. The molecule has 0 fully saturated rings. The summed E-state index contributed by atoms with van der Waals surface area (Å²) in [4.78, 5) is 14.3. The Labute approximate surface area is 83.5 Å². The van der Waals surface area contributed by atoms with Gasteiger partial charge in [-0.3, -0.25) is 9.79 Å². The number of carbonyl (C=O) groups is 1. The van der Waals surface area contributed by atoms with Crippen LogP contribution in [0.4, 0.5) is 0 Å². The minimum Gasteiger partial charge on any atom is -0.480 e. The zero-order valence-electron chi connectivity index (χ0n) is 8.31. The van der Waals surface area contributed by atoms with Crippen molar-refractivity contribution in [3.63, 3.8) is 0 Å². The van der Waals surface area contributed by atoms with E-state index in [4.69, 9.17) is 16.6 Å². The summed E-state index contributed by atoms with van der Waals surface area (Å²) in [6, 6.07) is -0.778. The minimum absolute atomic E-state index is 0.442. The molecule has 14 heavy (non-hydrogen) atoms. The molecule has 5 heteroatoms. The van der Waals surface area contributed by atoms with E-state index in [1.807, 2.05) is 12.2 Å². The topological polar surface area (TPSA) is 102 Å². The monoisotopic (exact) mass is 199 g/mol. The Morgan fingerprint density at radius 3 is 2.71 bits per heavy atom. The van der Waals surface area contributed by atoms with E-state index in [-0.39, 0.29) is 0 Å². The van der Waals surface area contributed by atoms with Gasteiger partial charge in [-0.1, -0.05) is 12.2 Å². The number of aliphatic carboxylic acids is 1. The van der Waals surface area contributed by atoms with Gasteiger partial charge in [-0.2, -0.15) is 0 Å². The number of rotatable bonds is 6. The second-order valence-corrected chi connectivity index (χ2v) is 2.98. The van der Waals surface area contributed by atoms with Gasteiger partial charge in [-0.05, 0) is 19.8 Å². The highest BCUT2D eigenvalue weighted by Crippen LogP contribution is 1.95. The number of hydrogen-bond acceptors (Lipinski definition) is 3. The molecule has 0 saturated heterocycles. The Hall–Kier alpha value is -1.36. The van der Waals surface area contributed by atoms with Gasteiger partial charge in [-0.25, -0.2) is 0 Å². The van der Waals surface area contributed by atoms with Crippen molar-refractivity contribution in [1.29, 1.82) is 0 Å². The Morgan fingerprint density at radius 1 is 1.57 bits per heavy atom. The van der Waals surface area contributed by atoms with Crippen LogP contribution in [0.5, 0.6) is 0 Å². The number of carboxylic acid groups (broad SMARTS) is 1. The first-order valence-corrected chi connectivity index (χ1v) is 4.44. The van der Waals surface area contributed by atoms with Crippen LogP contribution in [-0.4, -0.2) is 29.5 Å². The third-order valence-electron chi connectivity index (χ3n) is 1.57. The number of nitrogens with zero attached hydrogens (tertiary/aromatic N) is 1. The van der Waals surface area contributed by atoms with E-state index >= 15 is 0 Å². The lowest BCUT2D eigenvalue weighted by atomic mass is 10.1. The lowest BCUT2D eigenvalue weighted by Gasteiger charge is -2.01. The quantitative estimate of drug-likeness (QED) is 0.321. The van der Waals surface area contributed by atoms with Crippen LogP contribution in [0.15, 0.2) is 17.1 Å². The summed E-state index contributed by atoms with van der Waals surface area (Å²) < 4.78 is 0. The first-order chi connectivity index (χ1) is 6.54. The van der Waals surface area contributed by atoms with E-state index < -0.39 is 12.0 Å². The molecule has 1 unspecified atom stereocenters. The lowest BCUT2D eigenvalue weighted by molar-refractivity contribution is -0.138. The van der Waals surface area contributed by atoms with Gasteiger partial charge in [-0.15, -0.1) is 0 Å². The van der Waals surface area contributed by atoms with E-state index in [1.54, 1.807) is 6.92 Å². The highest BCUT2D eigenvalue weighted by molar-refractivity contribution is 5.77. The zero-order valence-corrected chi connectivity index (χ0v) is 8.31. The molecule has 0 aromatic rings. The predicted molar refractivity (Wildman–Crippen MR) is 56.1 cm³/mol. The number of aliphatic imine (C=N–C) groups is 1. The molecule has 0 rings (SSSR count). The Kier molecular flexibility index (Phi) is 6.39. The standard InChI is InChI=1S/C9H17N3O2/c1-7(10)12-6-4-2-3-5-8(11)9(13)14/h2,4,8H,3,5-6,11H2,1H3,(H2,10,12)(H,13,14)/b4-2+. The van der Waals surface area contributed by atoms with Gasteiger partial charge in [0, 0.05) is 0 Å². The van der Waals surface area contributed by atoms with E-state index in [0.717, 1.165) is 0 Å². The van der Waals surface area contributed by atoms with Gasteiger partial charge in [0.1, 0.15) is 6.04 Å². The van der Waals surface area contributed by atoms with Crippen LogP contribution in [0.3, 0.4) is 0 Å². The second-order valence-electron chi connectivity index (χ2n) is 2.98. The fourth-order valence-corrected chi connectivity index (χ4v) is 0.788.